The van der Waals surface area contributed by atoms with Crippen LogP contribution in [-0.2, 0) is 14.0 Å². The lowest BCUT2D eigenvalue weighted by molar-refractivity contribution is 0.00578. The Hall–Kier alpha value is -0.745. The molecule has 1 aliphatic carbocycles. The van der Waals surface area contributed by atoms with Gasteiger partial charge in [0.05, 0.1) is 11.2 Å². The van der Waals surface area contributed by atoms with Gasteiger partial charge in [0.1, 0.15) is 5.60 Å². The number of nitrogens with zero attached hydrogens (tertiary/aromatic N) is 1. The summed E-state index contributed by atoms with van der Waals surface area (Å²) >= 11 is 0. The Morgan fingerprint density at radius 2 is 1.59 bits per heavy atom. The van der Waals surface area contributed by atoms with E-state index in [0.717, 1.165) is 12.8 Å². The van der Waals surface area contributed by atoms with Crippen LogP contribution in [0.25, 0.3) is 0 Å². The van der Waals surface area contributed by atoms with Crippen molar-refractivity contribution >= 4 is 13.2 Å². The normalized spacial score (nSPS) is 29.9. The van der Waals surface area contributed by atoms with Crippen molar-refractivity contribution < 1.29 is 18.8 Å². The first-order valence-corrected chi connectivity index (χ1v) is 8.14. The van der Waals surface area contributed by atoms with Gasteiger partial charge in [0.2, 0.25) is 0 Å². The Kier molecular flexibility index (Phi) is 4.33. The summed E-state index contributed by atoms with van der Waals surface area (Å²) in [5.41, 5.74) is -1.04. The molecule has 22 heavy (non-hydrogen) atoms. The molecule has 5 nitrogen and oxygen atoms in total. The molecule has 0 unspecified atom stereocenters. The van der Waals surface area contributed by atoms with Crippen LogP contribution in [-0.4, -0.2) is 48.0 Å². The van der Waals surface area contributed by atoms with Gasteiger partial charge in [-0.3, -0.25) is 0 Å². The third kappa shape index (κ3) is 3.43. The summed E-state index contributed by atoms with van der Waals surface area (Å²) in [6.45, 7) is 13.9. The fourth-order valence-electron chi connectivity index (χ4n) is 2.73. The highest BCUT2D eigenvalue weighted by Crippen LogP contribution is 2.47. The maximum atomic E-state index is 12.1. The van der Waals surface area contributed by atoms with Crippen LogP contribution in [0, 0.1) is 0 Å². The van der Waals surface area contributed by atoms with Gasteiger partial charge >= 0.3 is 13.2 Å². The zero-order valence-electron chi connectivity index (χ0n) is 15.2. The average molecular weight is 311 g/mol. The minimum atomic E-state index is -0.458. The first kappa shape index (κ1) is 17.6. The largest absolute Gasteiger partial charge is 0.461 e. The molecular weight excluding hydrogens is 281 g/mol. The third-order valence-electron chi connectivity index (χ3n) is 5.04. The van der Waals surface area contributed by atoms with Crippen LogP contribution in [0.1, 0.15) is 61.3 Å². The summed E-state index contributed by atoms with van der Waals surface area (Å²) in [7, 11) is 1.63. The first-order chi connectivity index (χ1) is 9.82. The zero-order valence-corrected chi connectivity index (χ0v) is 15.2. The van der Waals surface area contributed by atoms with E-state index in [1.807, 2.05) is 20.8 Å². The number of ether oxygens (including phenoxy) is 1. The maximum absolute atomic E-state index is 12.1. The third-order valence-corrected chi connectivity index (χ3v) is 5.04. The van der Waals surface area contributed by atoms with E-state index in [1.54, 1.807) is 11.9 Å². The molecule has 1 saturated carbocycles. The van der Waals surface area contributed by atoms with Crippen molar-refractivity contribution in [2.45, 2.75) is 90.0 Å². The summed E-state index contributed by atoms with van der Waals surface area (Å²) in [5, 5.41) is 0. The highest BCUT2D eigenvalue weighted by Gasteiger charge is 2.56. The molecule has 2 fully saturated rings. The second-order valence-electron chi connectivity index (χ2n) is 8.60. The van der Waals surface area contributed by atoms with Gasteiger partial charge in [-0.1, -0.05) is 0 Å². The van der Waals surface area contributed by atoms with Crippen molar-refractivity contribution in [3.8, 4) is 0 Å². The Morgan fingerprint density at radius 3 is 2.00 bits per heavy atom. The molecule has 0 N–H and O–H groups in total. The Bertz CT molecular complexity index is 422. The molecule has 0 aromatic heterocycles. The number of carbonyl (C=O) groups excluding carboxylic acids is 1. The maximum Gasteiger partial charge on any atom is 0.461 e. The van der Waals surface area contributed by atoms with Gasteiger partial charge in [-0.2, -0.15) is 0 Å². The number of hydrogen-bond acceptors (Lipinski definition) is 4. The monoisotopic (exact) mass is 311 g/mol. The van der Waals surface area contributed by atoms with Crippen molar-refractivity contribution in [1.29, 1.82) is 0 Å². The van der Waals surface area contributed by atoms with Crippen LogP contribution < -0.4 is 0 Å². The van der Waals surface area contributed by atoms with E-state index in [0.29, 0.717) is 5.82 Å². The first-order valence-electron chi connectivity index (χ1n) is 8.14. The van der Waals surface area contributed by atoms with Gasteiger partial charge in [0.25, 0.3) is 0 Å². The van der Waals surface area contributed by atoms with Crippen LogP contribution >= 0.6 is 0 Å². The van der Waals surface area contributed by atoms with Crippen molar-refractivity contribution in [2.75, 3.05) is 7.05 Å². The molecule has 1 amide bonds. The lowest BCUT2D eigenvalue weighted by atomic mass is 9.58. The highest BCUT2D eigenvalue weighted by molar-refractivity contribution is 6.47. The summed E-state index contributed by atoms with van der Waals surface area (Å²) in [5.74, 6) is 0.343. The molecule has 0 radical (unpaired) electrons. The fraction of sp³-hybridized carbons (Fsp3) is 0.938. The van der Waals surface area contributed by atoms with Crippen molar-refractivity contribution in [1.82, 2.24) is 4.90 Å². The summed E-state index contributed by atoms with van der Waals surface area (Å²) < 4.78 is 17.6. The number of hydrogen-bond donors (Lipinski definition) is 0. The second-order valence-corrected chi connectivity index (χ2v) is 8.60. The second kappa shape index (κ2) is 5.41. The number of carbonyl (C=O) groups is 1. The molecule has 1 heterocycles. The van der Waals surface area contributed by atoms with E-state index in [2.05, 4.69) is 27.7 Å². The predicted octanol–water partition coefficient (Wildman–Crippen LogP) is 3.48. The van der Waals surface area contributed by atoms with Gasteiger partial charge in [-0.25, -0.2) is 4.79 Å². The quantitative estimate of drug-likeness (QED) is 0.733. The standard InChI is InChI=1S/C16H30BNO4/c1-14(2,3)20-13(19)18(8)12-9-11(10-12)17-21-15(4,5)16(6,7)22-17/h11-12H,9-10H2,1-8H3. The topological polar surface area (TPSA) is 48.0 Å². The SMILES string of the molecule is CN(C(=O)OC(C)(C)C)C1CC(B2OC(C)(C)C(C)(C)O2)C1. The Labute approximate surface area is 134 Å². The average Bonchev–Trinajstić information content (AvgIpc) is 2.42. The lowest BCUT2D eigenvalue weighted by Gasteiger charge is -2.41. The van der Waals surface area contributed by atoms with Crippen molar-refractivity contribution in [3.63, 3.8) is 0 Å². The molecule has 1 aliphatic heterocycles. The van der Waals surface area contributed by atoms with Crippen LogP contribution in [0.3, 0.4) is 0 Å². The molecule has 0 bridgehead atoms. The molecule has 0 spiro atoms. The molecule has 1 saturated heterocycles. The number of amides is 1. The molecule has 6 heteroatoms. The number of rotatable bonds is 2. The van der Waals surface area contributed by atoms with Gasteiger partial charge < -0.3 is 18.9 Å². The molecule has 0 aromatic carbocycles. The van der Waals surface area contributed by atoms with E-state index >= 15 is 0 Å². The lowest BCUT2D eigenvalue weighted by Crippen LogP contribution is -2.49. The highest BCUT2D eigenvalue weighted by atomic mass is 16.7. The molecule has 2 aliphatic rings. The predicted molar refractivity (Wildman–Crippen MR) is 86.9 cm³/mol. The molecule has 2 rings (SSSR count). The van der Waals surface area contributed by atoms with Gasteiger partial charge in [-0.05, 0) is 67.1 Å². The fourth-order valence-corrected chi connectivity index (χ4v) is 2.73. The summed E-state index contributed by atoms with van der Waals surface area (Å²) in [6, 6.07) is 0.207. The summed E-state index contributed by atoms with van der Waals surface area (Å²) in [6.07, 6.45) is 1.53. The molecule has 0 aromatic rings. The summed E-state index contributed by atoms with van der Waals surface area (Å²) in [4.78, 5) is 13.8. The smallest absolute Gasteiger partial charge is 0.444 e. The van der Waals surface area contributed by atoms with Crippen LogP contribution in [0.15, 0.2) is 0 Å². The van der Waals surface area contributed by atoms with Crippen molar-refractivity contribution in [2.24, 2.45) is 0 Å². The van der Waals surface area contributed by atoms with Gasteiger partial charge in [0.15, 0.2) is 0 Å². The molecule has 126 valence electrons. The minimum absolute atomic E-state index is 0.173. The van der Waals surface area contributed by atoms with E-state index in [4.69, 9.17) is 14.0 Å². The molecular formula is C16H30BNO4. The Morgan fingerprint density at radius 1 is 1.14 bits per heavy atom. The van der Waals surface area contributed by atoms with Crippen molar-refractivity contribution in [3.05, 3.63) is 0 Å². The Balaban J connectivity index is 1.85. The minimum Gasteiger partial charge on any atom is -0.444 e. The van der Waals surface area contributed by atoms with E-state index < -0.39 is 5.60 Å². The van der Waals surface area contributed by atoms with Crippen LogP contribution in [0.2, 0.25) is 5.82 Å². The van der Waals surface area contributed by atoms with E-state index in [9.17, 15) is 4.79 Å². The zero-order chi connectivity index (χ0) is 16.9. The van der Waals surface area contributed by atoms with E-state index in [1.165, 1.54) is 0 Å². The van der Waals surface area contributed by atoms with Crippen LogP contribution in [0.5, 0.6) is 0 Å². The van der Waals surface area contributed by atoms with Gasteiger partial charge in [-0.15, -0.1) is 0 Å². The van der Waals surface area contributed by atoms with E-state index in [-0.39, 0.29) is 30.5 Å². The molecule has 0 atom stereocenters. The van der Waals surface area contributed by atoms with Crippen LogP contribution in [0.4, 0.5) is 4.79 Å². The van der Waals surface area contributed by atoms with Gasteiger partial charge in [0, 0.05) is 13.1 Å².